The molecule has 0 amide bonds. The molecular formula is C14H21FO. The maximum atomic E-state index is 13.1. The standard InChI is InChI=1S/C14H21FO/c1-10(16)13-9-12(15)6-5-11(13)7-8-14(2,3)4/h5-6,9-10,16H,7-8H2,1-4H3. The van der Waals surface area contributed by atoms with Crippen molar-refractivity contribution in [3.8, 4) is 0 Å². The Kier molecular flexibility index (Phi) is 4.09. The summed E-state index contributed by atoms with van der Waals surface area (Å²) in [6.45, 7) is 8.21. The van der Waals surface area contributed by atoms with Crippen LogP contribution in [0.5, 0.6) is 0 Å². The van der Waals surface area contributed by atoms with Crippen LogP contribution in [-0.4, -0.2) is 5.11 Å². The van der Waals surface area contributed by atoms with Gasteiger partial charge in [-0.05, 0) is 48.4 Å². The second kappa shape index (κ2) is 4.96. The van der Waals surface area contributed by atoms with Crippen molar-refractivity contribution in [3.05, 3.63) is 35.1 Å². The highest BCUT2D eigenvalue weighted by Gasteiger charge is 2.14. The van der Waals surface area contributed by atoms with E-state index in [-0.39, 0.29) is 11.2 Å². The molecule has 0 aliphatic rings. The van der Waals surface area contributed by atoms with Crippen molar-refractivity contribution < 1.29 is 9.50 Å². The third-order valence-corrected chi connectivity index (χ3v) is 2.70. The molecule has 1 atom stereocenters. The Hall–Kier alpha value is -0.890. The summed E-state index contributed by atoms with van der Waals surface area (Å²) in [6, 6.07) is 4.68. The van der Waals surface area contributed by atoms with Crippen LogP contribution in [0.2, 0.25) is 0 Å². The molecule has 1 N–H and O–H groups in total. The predicted molar refractivity (Wildman–Crippen MR) is 64.8 cm³/mol. The van der Waals surface area contributed by atoms with E-state index in [0.29, 0.717) is 5.56 Å². The maximum absolute atomic E-state index is 13.1. The molecular weight excluding hydrogens is 203 g/mol. The first kappa shape index (κ1) is 13.2. The lowest BCUT2D eigenvalue weighted by Crippen LogP contribution is -2.08. The summed E-state index contributed by atoms with van der Waals surface area (Å²) in [4.78, 5) is 0. The summed E-state index contributed by atoms with van der Waals surface area (Å²) < 4.78 is 13.1. The van der Waals surface area contributed by atoms with Gasteiger partial charge in [0, 0.05) is 0 Å². The average molecular weight is 224 g/mol. The molecule has 1 nitrogen and oxygen atoms in total. The van der Waals surface area contributed by atoms with Crippen LogP contribution in [0.15, 0.2) is 18.2 Å². The highest BCUT2D eigenvalue weighted by molar-refractivity contribution is 5.29. The van der Waals surface area contributed by atoms with Crippen LogP contribution in [0.25, 0.3) is 0 Å². The van der Waals surface area contributed by atoms with E-state index in [1.54, 1.807) is 13.0 Å². The van der Waals surface area contributed by atoms with Gasteiger partial charge >= 0.3 is 0 Å². The molecule has 0 saturated heterocycles. The van der Waals surface area contributed by atoms with Gasteiger partial charge in [0.2, 0.25) is 0 Å². The van der Waals surface area contributed by atoms with Crippen LogP contribution in [0.1, 0.15) is 51.3 Å². The lowest BCUT2D eigenvalue weighted by molar-refractivity contribution is 0.197. The van der Waals surface area contributed by atoms with E-state index in [4.69, 9.17) is 0 Å². The van der Waals surface area contributed by atoms with Gasteiger partial charge in [-0.1, -0.05) is 26.8 Å². The zero-order valence-corrected chi connectivity index (χ0v) is 10.5. The van der Waals surface area contributed by atoms with E-state index in [0.717, 1.165) is 18.4 Å². The number of hydrogen-bond donors (Lipinski definition) is 1. The summed E-state index contributed by atoms with van der Waals surface area (Å²) in [7, 11) is 0. The lowest BCUT2D eigenvalue weighted by atomic mass is 9.87. The molecule has 1 aromatic rings. The Morgan fingerprint density at radius 2 is 1.94 bits per heavy atom. The number of halogens is 1. The Morgan fingerprint density at radius 3 is 2.44 bits per heavy atom. The highest BCUT2D eigenvalue weighted by atomic mass is 19.1. The van der Waals surface area contributed by atoms with E-state index in [9.17, 15) is 9.50 Å². The molecule has 0 fully saturated rings. The zero-order valence-electron chi connectivity index (χ0n) is 10.5. The summed E-state index contributed by atoms with van der Waals surface area (Å²) in [5.41, 5.74) is 2.01. The van der Waals surface area contributed by atoms with Crippen molar-refractivity contribution in [1.82, 2.24) is 0 Å². The Labute approximate surface area is 97.3 Å². The predicted octanol–water partition coefficient (Wildman–Crippen LogP) is 3.86. The van der Waals surface area contributed by atoms with E-state index < -0.39 is 6.10 Å². The van der Waals surface area contributed by atoms with Gasteiger partial charge in [0.1, 0.15) is 5.82 Å². The molecule has 2 heteroatoms. The number of benzene rings is 1. The second-order valence-corrected chi connectivity index (χ2v) is 5.58. The largest absolute Gasteiger partial charge is 0.389 e. The summed E-state index contributed by atoms with van der Waals surface area (Å²) in [5.74, 6) is -0.282. The first-order valence-electron chi connectivity index (χ1n) is 5.76. The SMILES string of the molecule is CC(O)c1cc(F)ccc1CCC(C)(C)C. The molecule has 0 aliphatic heterocycles. The first-order chi connectivity index (χ1) is 7.29. The van der Waals surface area contributed by atoms with E-state index in [1.807, 2.05) is 0 Å². The monoisotopic (exact) mass is 224 g/mol. The molecule has 0 spiro atoms. The number of aliphatic hydroxyl groups excluding tert-OH is 1. The number of rotatable bonds is 3. The van der Waals surface area contributed by atoms with E-state index in [1.165, 1.54) is 12.1 Å². The fourth-order valence-corrected chi connectivity index (χ4v) is 1.69. The van der Waals surface area contributed by atoms with Crippen molar-refractivity contribution in [1.29, 1.82) is 0 Å². The molecule has 1 unspecified atom stereocenters. The second-order valence-electron chi connectivity index (χ2n) is 5.58. The van der Waals surface area contributed by atoms with Crippen LogP contribution in [-0.2, 0) is 6.42 Å². The molecule has 0 saturated carbocycles. The van der Waals surface area contributed by atoms with Crippen LogP contribution >= 0.6 is 0 Å². The number of hydrogen-bond acceptors (Lipinski definition) is 1. The van der Waals surface area contributed by atoms with Crippen LogP contribution < -0.4 is 0 Å². The number of aryl methyl sites for hydroxylation is 1. The smallest absolute Gasteiger partial charge is 0.123 e. The molecule has 0 heterocycles. The van der Waals surface area contributed by atoms with Gasteiger partial charge in [0.25, 0.3) is 0 Å². The molecule has 0 aliphatic carbocycles. The topological polar surface area (TPSA) is 20.2 Å². The van der Waals surface area contributed by atoms with Gasteiger partial charge in [-0.2, -0.15) is 0 Å². The average Bonchev–Trinajstić information content (AvgIpc) is 2.14. The fourth-order valence-electron chi connectivity index (χ4n) is 1.69. The van der Waals surface area contributed by atoms with Crippen molar-refractivity contribution in [2.75, 3.05) is 0 Å². The van der Waals surface area contributed by atoms with Crippen molar-refractivity contribution in [2.45, 2.75) is 46.6 Å². The molecule has 0 aromatic heterocycles. The molecule has 16 heavy (non-hydrogen) atoms. The summed E-state index contributed by atoms with van der Waals surface area (Å²) in [5, 5.41) is 9.59. The fraction of sp³-hybridized carbons (Fsp3) is 0.571. The van der Waals surface area contributed by atoms with Crippen LogP contribution in [0, 0.1) is 11.2 Å². The molecule has 90 valence electrons. The van der Waals surface area contributed by atoms with Gasteiger partial charge < -0.3 is 5.11 Å². The minimum absolute atomic E-state index is 0.254. The number of aliphatic hydroxyl groups is 1. The minimum atomic E-state index is -0.606. The zero-order chi connectivity index (χ0) is 12.3. The van der Waals surface area contributed by atoms with E-state index in [2.05, 4.69) is 20.8 Å². The third-order valence-electron chi connectivity index (χ3n) is 2.70. The third kappa shape index (κ3) is 3.93. The van der Waals surface area contributed by atoms with Gasteiger partial charge in [-0.15, -0.1) is 0 Å². The van der Waals surface area contributed by atoms with Crippen molar-refractivity contribution in [2.24, 2.45) is 5.41 Å². The van der Waals surface area contributed by atoms with Gasteiger partial charge in [0.15, 0.2) is 0 Å². The van der Waals surface area contributed by atoms with Crippen molar-refractivity contribution >= 4 is 0 Å². The van der Waals surface area contributed by atoms with Gasteiger partial charge in [0.05, 0.1) is 6.10 Å². The Bertz CT molecular complexity index is 350. The summed E-state index contributed by atoms with van der Waals surface area (Å²) in [6.07, 6.45) is 1.30. The molecule has 1 rings (SSSR count). The van der Waals surface area contributed by atoms with Gasteiger partial charge in [-0.25, -0.2) is 4.39 Å². The normalized spacial score (nSPS) is 13.9. The Balaban J connectivity index is 2.87. The maximum Gasteiger partial charge on any atom is 0.123 e. The van der Waals surface area contributed by atoms with Crippen LogP contribution in [0.4, 0.5) is 4.39 Å². The Morgan fingerprint density at radius 1 is 1.31 bits per heavy atom. The first-order valence-corrected chi connectivity index (χ1v) is 5.76. The van der Waals surface area contributed by atoms with Gasteiger partial charge in [-0.3, -0.25) is 0 Å². The minimum Gasteiger partial charge on any atom is -0.389 e. The van der Waals surface area contributed by atoms with Crippen LogP contribution in [0.3, 0.4) is 0 Å². The molecule has 0 bridgehead atoms. The highest BCUT2D eigenvalue weighted by Crippen LogP contribution is 2.25. The van der Waals surface area contributed by atoms with Crippen molar-refractivity contribution in [3.63, 3.8) is 0 Å². The quantitative estimate of drug-likeness (QED) is 0.826. The molecule has 0 radical (unpaired) electrons. The summed E-state index contributed by atoms with van der Waals surface area (Å²) >= 11 is 0. The molecule has 1 aromatic carbocycles. The van der Waals surface area contributed by atoms with E-state index >= 15 is 0 Å². The lowest BCUT2D eigenvalue weighted by Gasteiger charge is -2.19.